The molecule has 12 heteroatoms. The molecule has 5 N–H and O–H groups in total. The molecule has 2 heterocycles. The Bertz CT molecular complexity index is 1540. The second-order valence-electron chi connectivity index (χ2n) is 12.2. The quantitative estimate of drug-likeness (QED) is 0.225. The molecule has 47 heavy (non-hydrogen) atoms. The summed E-state index contributed by atoms with van der Waals surface area (Å²) in [6, 6.07) is 14.1. The van der Waals surface area contributed by atoms with Crippen LogP contribution in [-0.4, -0.2) is 81.4 Å². The highest BCUT2D eigenvalue weighted by Crippen LogP contribution is 2.37. The number of amides is 1. The third-order valence-corrected chi connectivity index (χ3v) is 9.72. The van der Waals surface area contributed by atoms with Crippen LogP contribution >= 0.6 is 11.8 Å². The molecule has 2 aliphatic rings. The normalized spacial score (nSPS) is 25.2. The van der Waals surface area contributed by atoms with Gasteiger partial charge in [-0.25, -0.2) is 13.2 Å². The van der Waals surface area contributed by atoms with Gasteiger partial charge in [-0.1, -0.05) is 37.3 Å². The number of thioether (sulfide) groups is 1. The van der Waals surface area contributed by atoms with Crippen molar-refractivity contribution in [1.82, 2.24) is 4.90 Å². The van der Waals surface area contributed by atoms with Crippen molar-refractivity contribution in [3.05, 3.63) is 99.9 Å². The van der Waals surface area contributed by atoms with Crippen molar-refractivity contribution >= 4 is 17.7 Å². The molecule has 254 valence electrons. The van der Waals surface area contributed by atoms with Crippen molar-refractivity contribution in [1.29, 1.82) is 0 Å². The summed E-state index contributed by atoms with van der Waals surface area (Å²) >= 11 is 1.28. The third-order valence-electron chi connectivity index (χ3n) is 8.87. The van der Waals surface area contributed by atoms with Gasteiger partial charge in [0.15, 0.2) is 11.6 Å². The van der Waals surface area contributed by atoms with Crippen LogP contribution in [0.15, 0.2) is 54.6 Å². The highest BCUT2D eigenvalue weighted by molar-refractivity contribution is 7.99. The predicted octanol–water partition coefficient (Wildman–Crippen LogP) is 4.04. The lowest BCUT2D eigenvalue weighted by Gasteiger charge is -2.40. The molecule has 1 amide bonds. The zero-order valence-electron chi connectivity index (χ0n) is 26.3. The molecule has 2 fully saturated rings. The Kier molecular flexibility index (Phi) is 11.5. The van der Waals surface area contributed by atoms with Crippen molar-refractivity contribution in [3.63, 3.8) is 0 Å². The van der Waals surface area contributed by atoms with E-state index in [9.17, 15) is 33.3 Å². The fraction of sp³-hybridized carbons (Fsp3) is 0.457. The summed E-state index contributed by atoms with van der Waals surface area (Å²) in [6.07, 6.45) is -1.07. The van der Waals surface area contributed by atoms with Crippen molar-refractivity contribution in [2.75, 3.05) is 19.3 Å². The van der Waals surface area contributed by atoms with Gasteiger partial charge in [0.1, 0.15) is 47.5 Å². The number of nitrogens with zero attached hydrogens (tertiary/aromatic N) is 1. The standard InChI is InChI=1S/C35H41F3N2O6S/c1-3-20-6-7-21(34-32(43)31(42)33(44)35(46-34)47-2)13-22(20)12-19-4-8-25(9-5-19)45-26-10-11-40(18-26)30(41)16-24(39)14-23-15-28(37)29(38)17-27(23)36/h4-9,13,15,17,24,26,31-35,42-44H,3,10-12,14,16,18,39H2,1-2H3/t24?,26?,31-,32-,33+,34+,35-/m1/s1. The summed E-state index contributed by atoms with van der Waals surface area (Å²) in [4.78, 5) is 14.5. The molecule has 0 bridgehead atoms. The van der Waals surface area contributed by atoms with Crippen LogP contribution in [0.1, 0.15) is 53.7 Å². The van der Waals surface area contributed by atoms with Crippen molar-refractivity contribution in [2.24, 2.45) is 5.73 Å². The fourth-order valence-electron chi connectivity index (χ4n) is 6.23. The lowest BCUT2D eigenvalue weighted by atomic mass is 9.90. The maximum Gasteiger partial charge on any atom is 0.224 e. The number of likely N-dealkylation sites (tertiary alicyclic amines) is 1. The average molecular weight is 675 g/mol. The van der Waals surface area contributed by atoms with Crippen LogP contribution in [0.2, 0.25) is 0 Å². The van der Waals surface area contributed by atoms with E-state index >= 15 is 0 Å². The van der Waals surface area contributed by atoms with E-state index in [-0.39, 0.29) is 30.4 Å². The van der Waals surface area contributed by atoms with Gasteiger partial charge >= 0.3 is 0 Å². The highest BCUT2D eigenvalue weighted by atomic mass is 32.2. The zero-order chi connectivity index (χ0) is 33.8. The Labute approximate surface area is 276 Å². The number of hydrogen-bond acceptors (Lipinski definition) is 8. The Morgan fingerprint density at radius 3 is 2.40 bits per heavy atom. The lowest BCUT2D eigenvalue weighted by Crippen LogP contribution is -2.52. The number of nitrogens with two attached hydrogens (primary N) is 1. The monoisotopic (exact) mass is 674 g/mol. The first-order valence-corrected chi connectivity index (χ1v) is 17.0. The minimum atomic E-state index is -1.32. The van der Waals surface area contributed by atoms with Gasteiger partial charge in [-0.3, -0.25) is 4.79 Å². The number of carbonyl (C=O) groups is 1. The smallest absolute Gasteiger partial charge is 0.224 e. The molecule has 2 unspecified atom stereocenters. The van der Waals surface area contributed by atoms with E-state index in [4.69, 9.17) is 15.2 Å². The van der Waals surface area contributed by atoms with E-state index in [1.807, 2.05) is 42.5 Å². The largest absolute Gasteiger partial charge is 0.489 e. The zero-order valence-corrected chi connectivity index (χ0v) is 27.1. The molecular formula is C35H41F3N2O6S. The second kappa shape index (κ2) is 15.4. The second-order valence-corrected chi connectivity index (χ2v) is 13.2. The van der Waals surface area contributed by atoms with Gasteiger partial charge in [0, 0.05) is 31.5 Å². The highest BCUT2D eigenvalue weighted by Gasteiger charge is 2.44. The molecule has 5 rings (SSSR count). The summed E-state index contributed by atoms with van der Waals surface area (Å²) in [6.45, 7) is 2.93. The van der Waals surface area contributed by atoms with E-state index in [2.05, 4.69) is 6.92 Å². The molecule has 3 aromatic rings. The number of ether oxygens (including phenoxy) is 2. The number of benzene rings is 3. The van der Waals surface area contributed by atoms with Gasteiger partial charge in [-0.2, -0.15) is 0 Å². The topological polar surface area (TPSA) is 125 Å². The minimum absolute atomic E-state index is 0.0622. The molecule has 2 saturated heterocycles. The summed E-state index contributed by atoms with van der Waals surface area (Å²) in [5, 5.41) is 31.3. The van der Waals surface area contributed by atoms with Crippen molar-refractivity contribution in [2.45, 2.75) is 81.0 Å². The van der Waals surface area contributed by atoms with Crippen LogP contribution in [0.3, 0.4) is 0 Å². The van der Waals surface area contributed by atoms with Gasteiger partial charge < -0.3 is 35.4 Å². The van der Waals surface area contributed by atoms with Gasteiger partial charge in [0.05, 0.1) is 6.54 Å². The van der Waals surface area contributed by atoms with Crippen molar-refractivity contribution in [3.8, 4) is 5.75 Å². The molecule has 8 nitrogen and oxygen atoms in total. The van der Waals surface area contributed by atoms with E-state index < -0.39 is 53.3 Å². The molecule has 0 saturated carbocycles. The van der Waals surface area contributed by atoms with Crippen LogP contribution in [0.25, 0.3) is 0 Å². The Morgan fingerprint density at radius 1 is 0.979 bits per heavy atom. The minimum Gasteiger partial charge on any atom is -0.489 e. The molecule has 7 atom stereocenters. The van der Waals surface area contributed by atoms with Crippen LogP contribution in [0.5, 0.6) is 5.75 Å². The summed E-state index contributed by atoms with van der Waals surface area (Å²) < 4.78 is 52.9. The molecular weight excluding hydrogens is 633 g/mol. The van der Waals surface area contributed by atoms with Gasteiger partial charge in [-0.05, 0) is 71.5 Å². The first-order valence-electron chi connectivity index (χ1n) is 15.7. The lowest BCUT2D eigenvalue weighted by molar-refractivity contribution is -0.200. The first kappa shape index (κ1) is 35.2. The predicted molar refractivity (Wildman–Crippen MR) is 172 cm³/mol. The van der Waals surface area contributed by atoms with E-state index in [0.717, 1.165) is 34.7 Å². The van der Waals surface area contributed by atoms with Crippen LogP contribution in [0.4, 0.5) is 13.2 Å². The first-order chi connectivity index (χ1) is 22.5. The van der Waals surface area contributed by atoms with Gasteiger partial charge in [0.2, 0.25) is 5.91 Å². The third kappa shape index (κ3) is 8.30. The molecule has 2 aliphatic heterocycles. The number of halogens is 3. The SMILES string of the molecule is CCc1ccc([C@@H]2O[C@H](SC)[C@@H](O)[C@H](O)[C@H]2O)cc1Cc1ccc(OC2CCN(C(=O)CC(N)Cc3cc(F)c(F)cc3F)C2)cc1. The number of aliphatic hydroxyl groups is 3. The molecule has 0 spiro atoms. The van der Waals surface area contributed by atoms with Gasteiger partial charge in [-0.15, -0.1) is 11.8 Å². The summed E-state index contributed by atoms with van der Waals surface area (Å²) in [5.74, 6) is -2.88. The van der Waals surface area contributed by atoms with E-state index in [0.29, 0.717) is 37.7 Å². The number of hydrogen-bond donors (Lipinski definition) is 4. The molecule has 0 aromatic heterocycles. The Morgan fingerprint density at radius 2 is 1.70 bits per heavy atom. The Hall–Kier alpha value is -3.13. The van der Waals surface area contributed by atoms with Crippen molar-refractivity contribution < 1.29 is 42.8 Å². The van der Waals surface area contributed by atoms with Crippen LogP contribution in [0, 0.1) is 17.5 Å². The van der Waals surface area contributed by atoms with E-state index in [1.165, 1.54) is 11.8 Å². The molecule has 0 radical (unpaired) electrons. The summed E-state index contributed by atoms with van der Waals surface area (Å²) in [5.41, 5.74) is 9.30. The number of aliphatic hydroxyl groups excluding tert-OH is 3. The van der Waals surface area contributed by atoms with Crippen LogP contribution in [-0.2, 0) is 28.8 Å². The average Bonchev–Trinajstić information content (AvgIpc) is 3.52. The Balaban J connectivity index is 1.16. The maximum atomic E-state index is 14.0. The fourth-order valence-corrected chi connectivity index (χ4v) is 6.90. The number of aryl methyl sites for hydroxylation is 1. The van der Waals surface area contributed by atoms with Crippen LogP contribution < -0.4 is 10.5 Å². The van der Waals surface area contributed by atoms with Gasteiger partial charge in [0.25, 0.3) is 0 Å². The molecule has 3 aromatic carbocycles. The number of carbonyl (C=O) groups excluding carboxylic acids is 1. The maximum absolute atomic E-state index is 14.0. The van der Waals surface area contributed by atoms with E-state index in [1.54, 1.807) is 11.2 Å². The summed E-state index contributed by atoms with van der Waals surface area (Å²) in [7, 11) is 0. The molecule has 0 aliphatic carbocycles. The number of rotatable bonds is 11.